The van der Waals surface area contributed by atoms with Crippen LogP contribution >= 0.6 is 11.8 Å². The Hall–Kier alpha value is -0.670. The summed E-state index contributed by atoms with van der Waals surface area (Å²) in [4.78, 5) is 1.26. The zero-order valence-corrected chi connectivity index (χ0v) is 9.14. The highest BCUT2D eigenvalue weighted by Gasteiger charge is 2.14. The fourth-order valence-electron chi connectivity index (χ4n) is 1.64. The fraction of sp³-hybridized carbons (Fsp3) is 0.455. The monoisotopic (exact) mass is 209 g/mol. The van der Waals surface area contributed by atoms with Crippen molar-refractivity contribution in [3.8, 4) is 5.75 Å². The Morgan fingerprint density at radius 1 is 1.57 bits per heavy atom. The van der Waals surface area contributed by atoms with Crippen LogP contribution in [0.3, 0.4) is 0 Å². The van der Waals surface area contributed by atoms with Gasteiger partial charge in [-0.1, -0.05) is 24.8 Å². The van der Waals surface area contributed by atoms with Gasteiger partial charge in [-0.25, -0.2) is 0 Å². The molecule has 1 unspecified atom stereocenters. The minimum atomic E-state index is 0.527. The Bertz CT molecular complexity index is 327. The lowest BCUT2D eigenvalue weighted by Crippen LogP contribution is -2.04. The fourth-order valence-corrected chi connectivity index (χ4v) is 2.37. The van der Waals surface area contributed by atoms with E-state index in [9.17, 15) is 0 Å². The second kappa shape index (κ2) is 4.24. The summed E-state index contributed by atoms with van der Waals surface area (Å²) in [5.74, 6) is 2.32. The molecule has 3 heteroatoms. The highest BCUT2D eigenvalue weighted by Crippen LogP contribution is 2.38. The third-order valence-corrected chi connectivity index (χ3v) is 3.45. The Kier molecular flexibility index (Phi) is 2.99. The number of hydrogen-bond donors (Lipinski definition) is 1. The number of hydrogen-bond acceptors (Lipinski definition) is 3. The molecule has 1 aromatic carbocycles. The molecule has 2 rings (SSSR count). The van der Waals surface area contributed by atoms with E-state index in [0.717, 1.165) is 24.7 Å². The zero-order chi connectivity index (χ0) is 9.97. The second-order valence-electron chi connectivity index (χ2n) is 3.59. The molecule has 2 N–H and O–H groups in total. The van der Waals surface area contributed by atoms with Crippen LogP contribution in [-0.2, 0) is 0 Å². The maximum Gasteiger partial charge on any atom is 0.138 e. The predicted octanol–water partition coefficient (Wildman–Crippen LogP) is 2.58. The molecular weight excluding hydrogens is 194 g/mol. The van der Waals surface area contributed by atoms with Gasteiger partial charge in [-0.05, 0) is 36.6 Å². The van der Waals surface area contributed by atoms with E-state index in [1.54, 1.807) is 11.8 Å². The average molecular weight is 209 g/mol. The van der Waals surface area contributed by atoms with E-state index in [0.29, 0.717) is 5.92 Å². The van der Waals surface area contributed by atoms with E-state index >= 15 is 0 Å². The summed E-state index contributed by atoms with van der Waals surface area (Å²) >= 11 is 1.75. The van der Waals surface area contributed by atoms with Crippen LogP contribution in [0.25, 0.3) is 0 Å². The van der Waals surface area contributed by atoms with Gasteiger partial charge in [0.2, 0.25) is 0 Å². The Morgan fingerprint density at radius 3 is 3.21 bits per heavy atom. The van der Waals surface area contributed by atoms with Crippen LogP contribution in [0.2, 0.25) is 0 Å². The molecule has 14 heavy (non-hydrogen) atoms. The van der Waals surface area contributed by atoms with Crippen molar-refractivity contribution >= 4 is 11.8 Å². The van der Waals surface area contributed by atoms with Gasteiger partial charge < -0.3 is 10.5 Å². The molecule has 1 aliphatic heterocycles. The summed E-state index contributed by atoms with van der Waals surface area (Å²) in [5, 5.41) is 0. The molecule has 2 nitrogen and oxygen atoms in total. The maximum atomic E-state index is 5.54. The lowest BCUT2D eigenvalue weighted by molar-refractivity contribution is 0.396. The molecule has 1 atom stereocenters. The Balaban J connectivity index is 2.19. The van der Waals surface area contributed by atoms with Gasteiger partial charge in [-0.3, -0.25) is 0 Å². The van der Waals surface area contributed by atoms with Crippen LogP contribution < -0.4 is 10.5 Å². The maximum absolute atomic E-state index is 5.54. The van der Waals surface area contributed by atoms with Crippen molar-refractivity contribution in [2.45, 2.75) is 24.2 Å². The molecule has 0 bridgehead atoms. The number of fused-ring (bicyclic) bond motifs is 1. The van der Waals surface area contributed by atoms with E-state index in [-0.39, 0.29) is 0 Å². The summed E-state index contributed by atoms with van der Waals surface area (Å²) in [6, 6.07) is 6.48. The summed E-state index contributed by atoms with van der Waals surface area (Å²) in [6.07, 6.45) is 1.03. The largest absolute Gasteiger partial charge is 0.481 e. The molecule has 0 fully saturated rings. The number of ether oxygens (including phenoxy) is 1. The average Bonchev–Trinajstić information content (AvgIpc) is 2.64. The first-order valence-corrected chi connectivity index (χ1v) is 5.89. The first-order chi connectivity index (χ1) is 6.81. The first-order valence-electron chi connectivity index (χ1n) is 4.91. The predicted molar refractivity (Wildman–Crippen MR) is 59.9 cm³/mol. The van der Waals surface area contributed by atoms with Crippen LogP contribution in [0.5, 0.6) is 5.75 Å². The van der Waals surface area contributed by atoms with Crippen molar-refractivity contribution in [3.63, 3.8) is 0 Å². The topological polar surface area (TPSA) is 35.2 Å². The van der Waals surface area contributed by atoms with Crippen LogP contribution in [0, 0.1) is 0 Å². The molecule has 0 aliphatic carbocycles. The van der Waals surface area contributed by atoms with Crippen LogP contribution in [-0.4, -0.2) is 12.5 Å². The molecule has 0 amide bonds. The van der Waals surface area contributed by atoms with Crippen LogP contribution in [0.4, 0.5) is 0 Å². The van der Waals surface area contributed by atoms with Crippen LogP contribution in [0.1, 0.15) is 24.8 Å². The van der Waals surface area contributed by atoms with Gasteiger partial charge in [-0.2, -0.15) is 0 Å². The number of thioether (sulfide) groups is 1. The van der Waals surface area contributed by atoms with Gasteiger partial charge in [0.25, 0.3) is 0 Å². The summed E-state index contributed by atoms with van der Waals surface area (Å²) in [7, 11) is 0. The standard InChI is InChI=1S/C11H15NOS/c1-8(4-5-12)9-2-3-11-10(6-9)13-7-14-11/h2-3,6,8H,4-5,7,12H2,1H3. The van der Waals surface area contributed by atoms with Gasteiger partial charge in [0.15, 0.2) is 0 Å². The highest BCUT2D eigenvalue weighted by atomic mass is 32.2. The molecule has 1 aliphatic rings. The summed E-state index contributed by atoms with van der Waals surface area (Å²) in [6.45, 7) is 2.95. The van der Waals surface area contributed by atoms with Gasteiger partial charge in [-0.15, -0.1) is 0 Å². The van der Waals surface area contributed by atoms with Crippen molar-refractivity contribution in [1.82, 2.24) is 0 Å². The molecule has 76 valence electrons. The molecular formula is C11H15NOS. The van der Waals surface area contributed by atoms with Gasteiger partial charge in [0.1, 0.15) is 11.7 Å². The van der Waals surface area contributed by atoms with Gasteiger partial charge in [0.05, 0.1) is 4.90 Å². The van der Waals surface area contributed by atoms with Crippen molar-refractivity contribution < 1.29 is 4.74 Å². The normalized spacial score (nSPS) is 16.1. The molecule has 0 saturated carbocycles. The van der Waals surface area contributed by atoms with Crippen molar-refractivity contribution in [2.24, 2.45) is 5.73 Å². The zero-order valence-electron chi connectivity index (χ0n) is 8.32. The molecule has 0 aromatic heterocycles. The molecule has 0 saturated heterocycles. The first kappa shape index (κ1) is 9.87. The minimum absolute atomic E-state index is 0.527. The van der Waals surface area contributed by atoms with E-state index in [1.165, 1.54) is 10.5 Å². The minimum Gasteiger partial charge on any atom is -0.481 e. The Morgan fingerprint density at radius 2 is 2.43 bits per heavy atom. The summed E-state index contributed by atoms with van der Waals surface area (Å²) < 4.78 is 5.50. The molecule has 0 spiro atoms. The SMILES string of the molecule is CC(CCN)c1ccc2c(c1)OCS2. The lowest BCUT2D eigenvalue weighted by atomic mass is 9.98. The van der Waals surface area contributed by atoms with Gasteiger partial charge >= 0.3 is 0 Å². The van der Waals surface area contributed by atoms with E-state index in [4.69, 9.17) is 10.5 Å². The number of benzene rings is 1. The van der Waals surface area contributed by atoms with Crippen LogP contribution in [0.15, 0.2) is 23.1 Å². The Labute approximate surface area is 88.8 Å². The van der Waals surface area contributed by atoms with Crippen molar-refractivity contribution in [2.75, 3.05) is 12.5 Å². The highest BCUT2D eigenvalue weighted by molar-refractivity contribution is 7.99. The lowest BCUT2D eigenvalue weighted by Gasteiger charge is -2.11. The van der Waals surface area contributed by atoms with E-state index in [1.807, 2.05) is 0 Å². The van der Waals surface area contributed by atoms with Crippen molar-refractivity contribution in [3.05, 3.63) is 23.8 Å². The molecule has 1 heterocycles. The third-order valence-electron chi connectivity index (χ3n) is 2.57. The smallest absolute Gasteiger partial charge is 0.138 e. The number of nitrogens with two attached hydrogens (primary N) is 1. The van der Waals surface area contributed by atoms with Gasteiger partial charge in [0, 0.05) is 0 Å². The van der Waals surface area contributed by atoms with Crippen molar-refractivity contribution in [1.29, 1.82) is 0 Å². The molecule has 0 radical (unpaired) electrons. The van der Waals surface area contributed by atoms with E-state index in [2.05, 4.69) is 25.1 Å². The quantitative estimate of drug-likeness (QED) is 0.831. The summed E-state index contributed by atoms with van der Waals surface area (Å²) in [5.41, 5.74) is 6.87. The van der Waals surface area contributed by atoms with E-state index < -0.39 is 0 Å². The molecule has 1 aromatic rings. The third kappa shape index (κ3) is 1.88. The second-order valence-corrected chi connectivity index (χ2v) is 4.56. The number of rotatable bonds is 3.